The lowest BCUT2D eigenvalue weighted by atomic mass is 10.2. The molecule has 2 aromatic carbocycles. The molecule has 19 heavy (non-hydrogen) atoms. The van der Waals surface area contributed by atoms with Gasteiger partial charge in [0.25, 0.3) is 0 Å². The molecule has 96 valence electrons. The third-order valence-electron chi connectivity index (χ3n) is 2.93. The summed E-state index contributed by atoms with van der Waals surface area (Å²) in [6, 6.07) is 14.2. The molecule has 0 N–H and O–H groups in total. The summed E-state index contributed by atoms with van der Waals surface area (Å²) in [7, 11) is 0. The zero-order valence-corrected chi connectivity index (χ0v) is 10.5. The SMILES string of the molecule is Cc1ccc2oc(COc3ccccc3F)cc2c1. The maximum Gasteiger partial charge on any atom is 0.165 e. The Morgan fingerprint density at radius 2 is 1.95 bits per heavy atom. The lowest BCUT2D eigenvalue weighted by Gasteiger charge is -2.04. The summed E-state index contributed by atoms with van der Waals surface area (Å²) in [5.74, 6) is 0.553. The molecule has 3 rings (SSSR count). The van der Waals surface area contributed by atoms with Crippen molar-refractivity contribution in [2.45, 2.75) is 13.5 Å². The average Bonchev–Trinajstić information content (AvgIpc) is 2.79. The largest absolute Gasteiger partial charge is 0.483 e. The first-order chi connectivity index (χ1) is 9.22. The second-order valence-electron chi connectivity index (χ2n) is 4.47. The van der Waals surface area contributed by atoms with Crippen LogP contribution in [0.4, 0.5) is 4.39 Å². The number of para-hydroxylation sites is 1. The van der Waals surface area contributed by atoms with Crippen LogP contribution in [-0.2, 0) is 6.61 Å². The van der Waals surface area contributed by atoms with E-state index in [4.69, 9.17) is 9.15 Å². The molecule has 0 atom stereocenters. The van der Waals surface area contributed by atoms with E-state index in [1.165, 1.54) is 11.6 Å². The number of hydrogen-bond donors (Lipinski definition) is 0. The highest BCUT2D eigenvalue weighted by molar-refractivity contribution is 5.78. The van der Waals surface area contributed by atoms with E-state index in [0.717, 1.165) is 11.0 Å². The highest BCUT2D eigenvalue weighted by atomic mass is 19.1. The van der Waals surface area contributed by atoms with E-state index in [-0.39, 0.29) is 18.2 Å². The van der Waals surface area contributed by atoms with Crippen LogP contribution in [0.1, 0.15) is 11.3 Å². The van der Waals surface area contributed by atoms with Gasteiger partial charge >= 0.3 is 0 Å². The summed E-state index contributed by atoms with van der Waals surface area (Å²) in [5.41, 5.74) is 1.99. The molecule has 0 aliphatic rings. The van der Waals surface area contributed by atoms with Gasteiger partial charge in [-0.05, 0) is 37.3 Å². The Bertz CT molecular complexity index is 716. The lowest BCUT2D eigenvalue weighted by Crippen LogP contribution is -1.95. The third kappa shape index (κ3) is 2.45. The molecule has 0 radical (unpaired) electrons. The summed E-state index contributed by atoms with van der Waals surface area (Å²) >= 11 is 0. The van der Waals surface area contributed by atoms with Crippen LogP contribution >= 0.6 is 0 Å². The van der Waals surface area contributed by atoms with Crippen LogP contribution in [0.2, 0.25) is 0 Å². The van der Waals surface area contributed by atoms with E-state index in [1.54, 1.807) is 18.2 Å². The minimum atomic E-state index is -0.366. The molecule has 2 nitrogen and oxygen atoms in total. The van der Waals surface area contributed by atoms with Gasteiger partial charge in [-0.3, -0.25) is 0 Å². The number of rotatable bonds is 3. The second kappa shape index (κ2) is 4.76. The summed E-state index contributed by atoms with van der Waals surface area (Å²) in [6.07, 6.45) is 0. The molecule has 1 heterocycles. The molecule has 0 bridgehead atoms. The van der Waals surface area contributed by atoms with Crippen LogP contribution in [0.15, 0.2) is 52.9 Å². The number of furan rings is 1. The van der Waals surface area contributed by atoms with Crippen LogP contribution in [0.3, 0.4) is 0 Å². The van der Waals surface area contributed by atoms with E-state index in [2.05, 4.69) is 0 Å². The van der Waals surface area contributed by atoms with Gasteiger partial charge in [0.2, 0.25) is 0 Å². The van der Waals surface area contributed by atoms with Crippen LogP contribution < -0.4 is 4.74 Å². The quantitative estimate of drug-likeness (QED) is 0.690. The molecule has 3 heteroatoms. The van der Waals surface area contributed by atoms with Crippen molar-refractivity contribution >= 4 is 11.0 Å². The highest BCUT2D eigenvalue weighted by Gasteiger charge is 2.06. The topological polar surface area (TPSA) is 22.4 Å². The Balaban J connectivity index is 1.80. The molecule has 0 saturated heterocycles. The Morgan fingerprint density at radius 1 is 1.11 bits per heavy atom. The minimum Gasteiger partial charge on any atom is -0.483 e. The molecule has 0 unspecified atom stereocenters. The highest BCUT2D eigenvalue weighted by Crippen LogP contribution is 2.23. The van der Waals surface area contributed by atoms with E-state index in [0.29, 0.717) is 5.76 Å². The van der Waals surface area contributed by atoms with Gasteiger partial charge in [0, 0.05) is 5.39 Å². The molecule has 0 aliphatic carbocycles. The van der Waals surface area contributed by atoms with E-state index >= 15 is 0 Å². The smallest absolute Gasteiger partial charge is 0.165 e. The van der Waals surface area contributed by atoms with Crippen molar-refractivity contribution in [1.82, 2.24) is 0 Å². The molecule has 0 saturated carbocycles. The summed E-state index contributed by atoms with van der Waals surface area (Å²) in [5, 5.41) is 1.03. The Kier molecular flexibility index (Phi) is 2.95. The van der Waals surface area contributed by atoms with Crippen LogP contribution in [-0.4, -0.2) is 0 Å². The second-order valence-corrected chi connectivity index (χ2v) is 4.47. The fourth-order valence-corrected chi connectivity index (χ4v) is 2.00. The maximum absolute atomic E-state index is 13.4. The molecular formula is C16H13FO2. The molecule has 0 amide bonds. The molecule has 0 aliphatic heterocycles. The first-order valence-corrected chi connectivity index (χ1v) is 6.09. The van der Waals surface area contributed by atoms with Gasteiger partial charge in [-0.1, -0.05) is 23.8 Å². The summed E-state index contributed by atoms with van der Waals surface area (Å²) in [4.78, 5) is 0. The van der Waals surface area contributed by atoms with Crippen LogP contribution in [0.25, 0.3) is 11.0 Å². The van der Waals surface area contributed by atoms with Crippen LogP contribution in [0.5, 0.6) is 5.75 Å². The maximum atomic E-state index is 13.4. The summed E-state index contributed by atoms with van der Waals surface area (Å²) in [6.45, 7) is 2.25. The number of aryl methyl sites for hydroxylation is 1. The Hall–Kier alpha value is -2.29. The van der Waals surface area contributed by atoms with Crippen molar-refractivity contribution in [1.29, 1.82) is 0 Å². The molecule has 3 aromatic rings. The first kappa shape index (κ1) is 11.8. The standard InChI is InChI=1S/C16H13FO2/c1-11-6-7-15-12(8-11)9-13(19-15)10-18-16-5-3-2-4-14(16)17/h2-9H,10H2,1H3. The van der Waals surface area contributed by atoms with E-state index in [1.807, 2.05) is 31.2 Å². The molecular weight excluding hydrogens is 243 g/mol. The molecule has 1 aromatic heterocycles. The average molecular weight is 256 g/mol. The van der Waals surface area contributed by atoms with Crippen molar-refractivity contribution in [2.24, 2.45) is 0 Å². The predicted molar refractivity (Wildman–Crippen MR) is 71.7 cm³/mol. The number of fused-ring (bicyclic) bond motifs is 1. The van der Waals surface area contributed by atoms with Gasteiger partial charge in [0.15, 0.2) is 11.6 Å². The fourth-order valence-electron chi connectivity index (χ4n) is 2.00. The third-order valence-corrected chi connectivity index (χ3v) is 2.93. The fraction of sp³-hybridized carbons (Fsp3) is 0.125. The van der Waals surface area contributed by atoms with Crippen molar-refractivity contribution < 1.29 is 13.5 Å². The first-order valence-electron chi connectivity index (χ1n) is 6.09. The van der Waals surface area contributed by atoms with Crippen LogP contribution in [0, 0.1) is 12.7 Å². The minimum absolute atomic E-state index is 0.217. The zero-order valence-electron chi connectivity index (χ0n) is 10.5. The lowest BCUT2D eigenvalue weighted by molar-refractivity contribution is 0.262. The number of halogens is 1. The van der Waals surface area contributed by atoms with Gasteiger partial charge in [0.1, 0.15) is 18.0 Å². The van der Waals surface area contributed by atoms with Gasteiger partial charge in [0.05, 0.1) is 0 Å². The van der Waals surface area contributed by atoms with Gasteiger partial charge < -0.3 is 9.15 Å². The monoisotopic (exact) mass is 256 g/mol. The van der Waals surface area contributed by atoms with Gasteiger partial charge in [-0.2, -0.15) is 0 Å². The number of ether oxygens (including phenoxy) is 1. The Labute approximate surface area is 110 Å². The van der Waals surface area contributed by atoms with Crippen molar-refractivity contribution in [2.75, 3.05) is 0 Å². The van der Waals surface area contributed by atoms with Crippen molar-refractivity contribution in [3.8, 4) is 5.75 Å². The van der Waals surface area contributed by atoms with Crippen molar-refractivity contribution in [3.05, 3.63) is 65.7 Å². The Morgan fingerprint density at radius 3 is 2.79 bits per heavy atom. The normalized spacial score (nSPS) is 10.8. The van der Waals surface area contributed by atoms with E-state index in [9.17, 15) is 4.39 Å². The number of hydrogen-bond acceptors (Lipinski definition) is 2. The van der Waals surface area contributed by atoms with E-state index < -0.39 is 0 Å². The predicted octanol–water partition coefficient (Wildman–Crippen LogP) is 4.46. The zero-order chi connectivity index (χ0) is 13.2. The summed E-state index contributed by atoms with van der Waals surface area (Å²) < 4.78 is 24.4. The van der Waals surface area contributed by atoms with Gasteiger partial charge in [-0.25, -0.2) is 4.39 Å². The molecule has 0 fully saturated rings. The molecule has 0 spiro atoms. The van der Waals surface area contributed by atoms with Crippen molar-refractivity contribution in [3.63, 3.8) is 0 Å². The van der Waals surface area contributed by atoms with Gasteiger partial charge in [-0.15, -0.1) is 0 Å². The number of benzene rings is 2.